The monoisotopic (exact) mass is 294 g/mol. The number of carbonyl (C=O) groups excluding carboxylic acids is 1. The maximum Gasteiger partial charge on any atom is 0.273 e. The topological polar surface area (TPSA) is 75.4 Å². The lowest BCUT2D eigenvalue weighted by Crippen LogP contribution is -2.39. The van der Waals surface area contributed by atoms with E-state index in [0.29, 0.717) is 17.5 Å². The molecule has 1 heterocycles. The van der Waals surface area contributed by atoms with Gasteiger partial charge in [0.05, 0.1) is 12.6 Å². The van der Waals surface area contributed by atoms with Crippen LogP contribution in [0.3, 0.4) is 0 Å². The first-order valence-corrected chi connectivity index (χ1v) is 7.97. The van der Waals surface area contributed by atoms with Crippen molar-refractivity contribution in [1.29, 1.82) is 0 Å². The average molecular weight is 294 g/mol. The van der Waals surface area contributed by atoms with E-state index in [9.17, 15) is 9.90 Å². The maximum absolute atomic E-state index is 12.1. The Bertz CT molecular complexity index is 450. The summed E-state index contributed by atoms with van der Waals surface area (Å²) in [5.74, 6) is 1.07. The van der Waals surface area contributed by atoms with E-state index in [4.69, 9.17) is 4.42 Å². The predicted octanol–water partition coefficient (Wildman–Crippen LogP) is 2.86. The highest BCUT2D eigenvalue weighted by Crippen LogP contribution is 2.27. The highest BCUT2D eigenvalue weighted by molar-refractivity contribution is 5.92. The molecule has 1 amide bonds. The van der Waals surface area contributed by atoms with E-state index in [1.165, 1.54) is 38.4 Å². The SMILES string of the molecule is CC(C)c1nc(C(=O)N[C@H](CO)CC2CCCCC2)co1. The van der Waals surface area contributed by atoms with E-state index in [2.05, 4.69) is 10.3 Å². The fraction of sp³-hybridized carbons (Fsp3) is 0.750. The molecule has 21 heavy (non-hydrogen) atoms. The first kappa shape index (κ1) is 16.0. The maximum atomic E-state index is 12.1. The quantitative estimate of drug-likeness (QED) is 0.846. The van der Waals surface area contributed by atoms with Crippen LogP contribution in [-0.2, 0) is 0 Å². The van der Waals surface area contributed by atoms with Crippen molar-refractivity contribution in [2.45, 2.75) is 64.3 Å². The van der Waals surface area contributed by atoms with Crippen LogP contribution in [0.5, 0.6) is 0 Å². The lowest BCUT2D eigenvalue weighted by atomic mass is 9.85. The summed E-state index contributed by atoms with van der Waals surface area (Å²) in [5, 5.41) is 12.4. The Morgan fingerprint density at radius 3 is 2.71 bits per heavy atom. The third-order valence-corrected chi connectivity index (χ3v) is 4.15. The minimum atomic E-state index is -0.263. The summed E-state index contributed by atoms with van der Waals surface area (Å²) < 4.78 is 5.28. The molecule has 0 unspecified atom stereocenters. The number of aliphatic hydroxyl groups excluding tert-OH is 1. The van der Waals surface area contributed by atoms with Crippen molar-refractivity contribution < 1.29 is 14.3 Å². The minimum absolute atomic E-state index is 0.0306. The largest absolute Gasteiger partial charge is 0.448 e. The van der Waals surface area contributed by atoms with Crippen molar-refractivity contribution in [3.05, 3.63) is 17.8 Å². The molecule has 1 fully saturated rings. The molecule has 1 aliphatic carbocycles. The molecule has 1 aromatic heterocycles. The third kappa shape index (κ3) is 4.56. The molecule has 0 spiro atoms. The van der Waals surface area contributed by atoms with Crippen molar-refractivity contribution >= 4 is 5.91 Å². The van der Waals surface area contributed by atoms with Gasteiger partial charge in [0.15, 0.2) is 11.6 Å². The molecule has 0 aliphatic heterocycles. The normalized spacial score (nSPS) is 17.9. The van der Waals surface area contributed by atoms with Gasteiger partial charge in [0, 0.05) is 5.92 Å². The number of aliphatic hydroxyl groups is 1. The molecule has 118 valence electrons. The molecule has 0 radical (unpaired) electrons. The number of carbonyl (C=O) groups is 1. The van der Waals surface area contributed by atoms with E-state index in [0.717, 1.165) is 6.42 Å². The highest BCUT2D eigenvalue weighted by atomic mass is 16.3. The zero-order valence-corrected chi connectivity index (χ0v) is 13.0. The molecular weight excluding hydrogens is 268 g/mol. The van der Waals surface area contributed by atoms with Crippen LogP contribution in [0.4, 0.5) is 0 Å². The summed E-state index contributed by atoms with van der Waals surface area (Å²) in [6, 6.07) is -0.195. The number of hydrogen-bond acceptors (Lipinski definition) is 4. The molecule has 1 atom stereocenters. The van der Waals surface area contributed by atoms with Gasteiger partial charge in [-0.3, -0.25) is 4.79 Å². The standard InChI is InChI=1S/C16H26N2O3/c1-11(2)16-18-14(10-21-16)15(20)17-13(9-19)8-12-6-4-3-5-7-12/h10-13,19H,3-9H2,1-2H3,(H,17,20)/t13-/m0/s1. The molecular formula is C16H26N2O3. The van der Waals surface area contributed by atoms with Crippen LogP contribution in [0.25, 0.3) is 0 Å². The number of oxazole rings is 1. The molecule has 5 heteroatoms. The first-order valence-electron chi connectivity index (χ1n) is 7.97. The van der Waals surface area contributed by atoms with E-state index in [-0.39, 0.29) is 24.5 Å². The van der Waals surface area contributed by atoms with Gasteiger partial charge in [0.25, 0.3) is 5.91 Å². The second-order valence-electron chi connectivity index (χ2n) is 6.32. The lowest BCUT2D eigenvalue weighted by molar-refractivity contribution is 0.0896. The summed E-state index contributed by atoms with van der Waals surface area (Å²) in [6.07, 6.45) is 8.47. The number of amides is 1. The Labute approximate surface area is 126 Å². The molecule has 1 saturated carbocycles. The molecule has 1 aromatic rings. The molecule has 5 nitrogen and oxygen atoms in total. The molecule has 1 aliphatic rings. The second kappa shape index (κ2) is 7.59. The zero-order valence-electron chi connectivity index (χ0n) is 13.0. The Hall–Kier alpha value is -1.36. The van der Waals surface area contributed by atoms with Gasteiger partial charge in [0.2, 0.25) is 0 Å². The van der Waals surface area contributed by atoms with Crippen molar-refractivity contribution in [2.24, 2.45) is 5.92 Å². The fourth-order valence-electron chi connectivity index (χ4n) is 2.92. The van der Waals surface area contributed by atoms with E-state index in [1.807, 2.05) is 13.8 Å². The Morgan fingerprint density at radius 2 is 2.14 bits per heavy atom. The van der Waals surface area contributed by atoms with Gasteiger partial charge in [-0.15, -0.1) is 0 Å². The van der Waals surface area contributed by atoms with Crippen LogP contribution < -0.4 is 5.32 Å². The first-order chi connectivity index (χ1) is 10.1. The van der Waals surface area contributed by atoms with Gasteiger partial charge in [-0.2, -0.15) is 0 Å². The van der Waals surface area contributed by atoms with Gasteiger partial charge in [-0.05, 0) is 12.3 Å². The van der Waals surface area contributed by atoms with E-state index >= 15 is 0 Å². The highest BCUT2D eigenvalue weighted by Gasteiger charge is 2.22. The van der Waals surface area contributed by atoms with Gasteiger partial charge in [-0.1, -0.05) is 46.0 Å². The third-order valence-electron chi connectivity index (χ3n) is 4.15. The summed E-state index contributed by atoms with van der Waals surface area (Å²) in [6.45, 7) is 3.90. The fourth-order valence-corrected chi connectivity index (χ4v) is 2.92. The smallest absolute Gasteiger partial charge is 0.273 e. The van der Waals surface area contributed by atoms with Crippen LogP contribution in [-0.4, -0.2) is 28.6 Å². The molecule has 0 bridgehead atoms. The lowest BCUT2D eigenvalue weighted by Gasteiger charge is -2.25. The number of aromatic nitrogens is 1. The van der Waals surface area contributed by atoms with Crippen LogP contribution in [0.1, 0.15) is 74.7 Å². The summed E-state index contributed by atoms with van der Waals surface area (Å²) >= 11 is 0. The van der Waals surface area contributed by atoms with E-state index in [1.54, 1.807) is 0 Å². The van der Waals surface area contributed by atoms with Gasteiger partial charge in [-0.25, -0.2) is 4.98 Å². The summed E-state index contributed by atoms with van der Waals surface area (Å²) in [5.41, 5.74) is 0.292. The molecule has 0 saturated heterocycles. The Morgan fingerprint density at radius 1 is 1.43 bits per heavy atom. The summed E-state index contributed by atoms with van der Waals surface area (Å²) in [4.78, 5) is 16.3. The van der Waals surface area contributed by atoms with Crippen LogP contribution in [0, 0.1) is 5.92 Å². The Balaban J connectivity index is 1.88. The van der Waals surface area contributed by atoms with Crippen molar-refractivity contribution in [3.8, 4) is 0 Å². The average Bonchev–Trinajstić information content (AvgIpc) is 2.97. The molecule has 2 N–H and O–H groups in total. The number of nitrogens with zero attached hydrogens (tertiary/aromatic N) is 1. The number of rotatable bonds is 6. The van der Waals surface area contributed by atoms with Crippen molar-refractivity contribution in [2.75, 3.05) is 6.61 Å². The zero-order chi connectivity index (χ0) is 15.2. The van der Waals surface area contributed by atoms with Crippen LogP contribution in [0.2, 0.25) is 0 Å². The predicted molar refractivity (Wildman–Crippen MR) is 80.1 cm³/mol. The Kier molecular flexibility index (Phi) is 5.79. The van der Waals surface area contributed by atoms with Crippen molar-refractivity contribution in [1.82, 2.24) is 10.3 Å². The van der Waals surface area contributed by atoms with Gasteiger partial charge < -0.3 is 14.8 Å². The molecule has 2 rings (SSSR count). The van der Waals surface area contributed by atoms with Crippen molar-refractivity contribution in [3.63, 3.8) is 0 Å². The number of hydrogen-bond donors (Lipinski definition) is 2. The second-order valence-corrected chi connectivity index (χ2v) is 6.32. The van der Waals surface area contributed by atoms with Gasteiger partial charge in [0.1, 0.15) is 6.26 Å². The minimum Gasteiger partial charge on any atom is -0.448 e. The van der Waals surface area contributed by atoms with Gasteiger partial charge >= 0.3 is 0 Å². The van der Waals surface area contributed by atoms with E-state index < -0.39 is 0 Å². The van der Waals surface area contributed by atoms with Crippen LogP contribution >= 0.6 is 0 Å². The van der Waals surface area contributed by atoms with Crippen LogP contribution in [0.15, 0.2) is 10.7 Å². The summed E-state index contributed by atoms with van der Waals surface area (Å²) in [7, 11) is 0. The number of nitrogens with one attached hydrogen (secondary N) is 1. The molecule has 0 aromatic carbocycles.